The van der Waals surface area contributed by atoms with Crippen molar-refractivity contribution in [3.8, 4) is 5.75 Å². The van der Waals surface area contributed by atoms with Crippen LogP contribution in [0, 0.1) is 0 Å². The molecule has 1 atom stereocenters. The number of aliphatic hydroxyl groups is 1. The van der Waals surface area contributed by atoms with Crippen molar-refractivity contribution in [2.24, 2.45) is 0 Å². The first-order chi connectivity index (χ1) is 9.81. The Kier molecular flexibility index (Phi) is 6.23. The predicted molar refractivity (Wildman–Crippen MR) is 71.5 cm³/mol. The van der Waals surface area contributed by atoms with E-state index in [1.165, 1.54) is 30.3 Å². The Morgan fingerprint density at radius 2 is 2.10 bits per heavy atom. The fourth-order valence-corrected chi connectivity index (χ4v) is 1.56. The molecule has 0 unspecified atom stereocenters. The highest BCUT2D eigenvalue weighted by atomic mass is 19.4. The Bertz CT molecular complexity index is 500. The van der Waals surface area contributed by atoms with Gasteiger partial charge in [0, 0.05) is 24.3 Å². The van der Waals surface area contributed by atoms with Crippen LogP contribution < -0.4 is 10.1 Å². The Balaban J connectivity index is 2.74. The molecule has 1 aromatic carbocycles. The third kappa shape index (κ3) is 6.80. The van der Waals surface area contributed by atoms with E-state index in [0.29, 0.717) is 6.42 Å². The van der Waals surface area contributed by atoms with E-state index in [2.05, 4.69) is 10.1 Å². The summed E-state index contributed by atoms with van der Waals surface area (Å²) in [5, 5.41) is 11.3. The van der Waals surface area contributed by atoms with Crippen LogP contribution in [0.25, 0.3) is 6.08 Å². The summed E-state index contributed by atoms with van der Waals surface area (Å²) in [5.74, 6) is -0.838. The summed E-state index contributed by atoms with van der Waals surface area (Å²) >= 11 is 0. The normalized spacial score (nSPS) is 13.2. The Labute approximate surface area is 120 Å². The summed E-state index contributed by atoms with van der Waals surface area (Å²) in [7, 11) is 0. The number of hydrogen-bond donors (Lipinski definition) is 2. The molecule has 0 fully saturated rings. The van der Waals surface area contributed by atoms with Gasteiger partial charge in [-0.1, -0.05) is 18.2 Å². The average Bonchev–Trinajstić information content (AvgIpc) is 2.36. The summed E-state index contributed by atoms with van der Waals surface area (Å²) in [6, 6.07) is 5.28. The van der Waals surface area contributed by atoms with Gasteiger partial charge in [-0.3, -0.25) is 4.79 Å². The molecule has 0 bridgehead atoms. The number of aliphatic hydroxyl groups excluding tert-OH is 1. The molecule has 1 amide bonds. The van der Waals surface area contributed by atoms with Crippen LogP contribution in [-0.2, 0) is 4.79 Å². The number of benzene rings is 1. The lowest BCUT2D eigenvalue weighted by atomic mass is 10.2. The van der Waals surface area contributed by atoms with Crippen LogP contribution in [0.3, 0.4) is 0 Å². The van der Waals surface area contributed by atoms with Gasteiger partial charge in [0.15, 0.2) is 0 Å². The molecule has 1 rings (SSSR count). The molecule has 0 aliphatic heterocycles. The van der Waals surface area contributed by atoms with E-state index in [4.69, 9.17) is 5.11 Å². The molecule has 2 N–H and O–H groups in total. The topological polar surface area (TPSA) is 58.6 Å². The maximum atomic E-state index is 12.2. The zero-order valence-corrected chi connectivity index (χ0v) is 11.4. The van der Waals surface area contributed by atoms with Crippen molar-refractivity contribution in [1.82, 2.24) is 5.32 Å². The Morgan fingerprint density at radius 3 is 2.71 bits per heavy atom. The van der Waals surface area contributed by atoms with Gasteiger partial charge in [0.2, 0.25) is 5.91 Å². The minimum absolute atomic E-state index is 0.0621. The van der Waals surface area contributed by atoms with Crippen molar-refractivity contribution < 1.29 is 27.8 Å². The van der Waals surface area contributed by atoms with Crippen molar-refractivity contribution in [1.29, 1.82) is 0 Å². The van der Waals surface area contributed by atoms with Gasteiger partial charge in [-0.15, -0.1) is 13.2 Å². The van der Waals surface area contributed by atoms with Crippen LogP contribution in [0.1, 0.15) is 18.9 Å². The first-order valence-corrected chi connectivity index (χ1v) is 6.26. The van der Waals surface area contributed by atoms with E-state index in [-0.39, 0.29) is 24.0 Å². The molecule has 0 aromatic heterocycles. The first kappa shape index (κ1) is 17.0. The minimum atomic E-state index is -4.79. The number of amides is 1. The van der Waals surface area contributed by atoms with Crippen LogP contribution in [-0.4, -0.2) is 30.0 Å². The second-order valence-electron chi connectivity index (χ2n) is 4.34. The summed E-state index contributed by atoms with van der Waals surface area (Å²) in [6.07, 6.45) is -2.04. The third-order valence-corrected chi connectivity index (χ3v) is 2.51. The number of carbonyl (C=O) groups is 1. The quantitative estimate of drug-likeness (QED) is 0.794. The van der Waals surface area contributed by atoms with E-state index >= 15 is 0 Å². The lowest BCUT2D eigenvalue weighted by Crippen LogP contribution is -2.31. The highest BCUT2D eigenvalue weighted by Crippen LogP contribution is 2.26. The molecule has 7 heteroatoms. The molecule has 0 heterocycles. The fraction of sp³-hybridized carbons (Fsp3) is 0.357. The number of para-hydroxylation sites is 1. The second-order valence-corrected chi connectivity index (χ2v) is 4.34. The Hall–Kier alpha value is -2.02. The van der Waals surface area contributed by atoms with Crippen molar-refractivity contribution in [3.63, 3.8) is 0 Å². The van der Waals surface area contributed by atoms with Gasteiger partial charge in [-0.2, -0.15) is 0 Å². The largest absolute Gasteiger partial charge is 0.573 e. The highest BCUT2D eigenvalue weighted by molar-refractivity contribution is 5.92. The summed E-state index contributed by atoms with van der Waals surface area (Å²) in [4.78, 5) is 11.6. The number of nitrogens with one attached hydrogen (secondary N) is 1. The molecule has 1 aromatic rings. The average molecular weight is 303 g/mol. The molecule has 0 aliphatic carbocycles. The highest BCUT2D eigenvalue weighted by Gasteiger charge is 2.31. The van der Waals surface area contributed by atoms with Crippen LogP contribution in [0.5, 0.6) is 5.75 Å². The van der Waals surface area contributed by atoms with Gasteiger partial charge in [-0.05, 0) is 25.5 Å². The van der Waals surface area contributed by atoms with Crippen molar-refractivity contribution in [2.45, 2.75) is 25.7 Å². The van der Waals surface area contributed by atoms with Crippen LogP contribution in [0.2, 0.25) is 0 Å². The van der Waals surface area contributed by atoms with E-state index in [0.717, 1.165) is 6.08 Å². The van der Waals surface area contributed by atoms with Crippen LogP contribution in [0.4, 0.5) is 13.2 Å². The summed E-state index contributed by atoms with van der Waals surface area (Å²) in [5.41, 5.74) is 0.139. The smallest absolute Gasteiger partial charge is 0.405 e. The number of alkyl halides is 3. The van der Waals surface area contributed by atoms with Gasteiger partial charge in [0.25, 0.3) is 0 Å². The third-order valence-electron chi connectivity index (χ3n) is 2.51. The van der Waals surface area contributed by atoms with Gasteiger partial charge >= 0.3 is 6.36 Å². The maximum absolute atomic E-state index is 12.2. The van der Waals surface area contributed by atoms with Gasteiger partial charge in [0.05, 0.1) is 0 Å². The number of hydrogen-bond acceptors (Lipinski definition) is 3. The molecule has 0 aliphatic rings. The van der Waals surface area contributed by atoms with Crippen LogP contribution >= 0.6 is 0 Å². The number of rotatable bonds is 6. The molecule has 0 spiro atoms. The Morgan fingerprint density at radius 1 is 1.43 bits per heavy atom. The van der Waals surface area contributed by atoms with Gasteiger partial charge in [-0.25, -0.2) is 0 Å². The molecule has 0 radical (unpaired) electrons. The molecule has 4 nitrogen and oxygen atoms in total. The lowest BCUT2D eigenvalue weighted by molar-refractivity contribution is -0.274. The fourth-order valence-electron chi connectivity index (χ4n) is 1.56. The summed E-state index contributed by atoms with van der Waals surface area (Å²) in [6.45, 7) is 1.65. The number of ether oxygens (including phenoxy) is 1. The van der Waals surface area contributed by atoms with E-state index in [1.807, 2.05) is 0 Å². The first-order valence-electron chi connectivity index (χ1n) is 6.26. The molecule has 116 valence electrons. The van der Waals surface area contributed by atoms with E-state index < -0.39 is 12.3 Å². The zero-order valence-electron chi connectivity index (χ0n) is 11.4. The van der Waals surface area contributed by atoms with Gasteiger partial charge in [0.1, 0.15) is 5.75 Å². The van der Waals surface area contributed by atoms with Gasteiger partial charge < -0.3 is 15.2 Å². The van der Waals surface area contributed by atoms with Crippen molar-refractivity contribution in [3.05, 3.63) is 35.9 Å². The maximum Gasteiger partial charge on any atom is 0.573 e. The standard InChI is InChI=1S/C14H16F3NO3/c1-10(8-9-19)18-13(20)7-6-11-4-2-3-5-12(11)21-14(15,16)17/h2-7,10,19H,8-9H2,1H3,(H,18,20)/b7-6+/t10-/m1/s1. The van der Waals surface area contributed by atoms with Crippen molar-refractivity contribution in [2.75, 3.05) is 6.61 Å². The van der Waals surface area contributed by atoms with E-state index in [1.54, 1.807) is 6.92 Å². The van der Waals surface area contributed by atoms with Crippen molar-refractivity contribution >= 4 is 12.0 Å². The van der Waals surface area contributed by atoms with E-state index in [9.17, 15) is 18.0 Å². The summed E-state index contributed by atoms with van der Waals surface area (Å²) < 4.78 is 40.6. The monoisotopic (exact) mass is 303 g/mol. The SMILES string of the molecule is C[C@H](CCO)NC(=O)/C=C/c1ccccc1OC(F)(F)F. The molecule has 0 saturated heterocycles. The molecule has 0 saturated carbocycles. The lowest BCUT2D eigenvalue weighted by Gasteiger charge is -2.11. The molecular formula is C14H16F3NO3. The van der Waals surface area contributed by atoms with Crippen LogP contribution in [0.15, 0.2) is 30.3 Å². The molecular weight excluding hydrogens is 287 g/mol. The molecule has 21 heavy (non-hydrogen) atoms. The minimum Gasteiger partial charge on any atom is -0.405 e. The zero-order chi connectivity index (χ0) is 15.9. The number of carbonyl (C=O) groups excluding carboxylic acids is 1. The predicted octanol–water partition coefficient (Wildman–Crippen LogP) is 2.49. The number of halogens is 3. The second kappa shape index (κ2) is 7.68.